The number of carbonyl (C=O) groups is 5. The molecule has 4 atom stereocenters. The number of carboxylic acids is 1. The summed E-state index contributed by atoms with van der Waals surface area (Å²) in [6.07, 6.45) is 0.330. The fourth-order valence-electron chi connectivity index (χ4n) is 3.17. The molecule has 4 amide bonds. The van der Waals surface area contributed by atoms with Gasteiger partial charge in [0.25, 0.3) is 0 Å². The molecule has 0 aromatic carbocycles. The summed E-state index contributed by atoms with van der Waals surface area (Å²) in [5.74, 6) is -3.70. The van der Waals surface area contributed by atoms with Gasteiger partial charge in [-0.15, -0.1) is 0 Å². The summed E-state index contributed by atoms with van der Waals surface area (Å²) in [6, 6.07) is -3.31. The fraction of sp³-hybridized carbons (Fsp3) is 0.647. The number of carbonyl (C=O) groups excluding carboxylic acids is 4. The van der Waals surface area contributed by atoms with Crippen LogP contribution in [0, 0.1) is 0 Å². The van der Waals surface area contributed by atoms with Crippen molar-refractivity contribution >= 4 is 35.6 Å². The van der Waals surface area contributed by atoms with Crippen LogP contribution in [-0.4, -0.2) is 84.5 Å². The Labute approximate surface area is 177 Å². The minimum atomic E-state index is -1.25. The molecular weight excluding hydrogens is 412 g/mol. The van der Waals surface area contributed by atoms with Crippen molar-refractivity contribution in [2.45, 2.75) is 49.9 Å². The summed E-state index contributed by atoms with van der Waals surface area (Å²) in [5.41, 5.74) is 11.4. The van der Waals surface area contributed by atoms with Gasteiger partial charge in [-0.05, 0) is 19.3 Å². The van der Waals surface area contributed by atoms with Crippen LogP contribution in [0.3, 0.4) is 0 Å². The number of aliphatic carboxylic acids is 1. The smallest absolute Gasteiger partial charge is 0.326 e. The van der Waals surface area contributed by atoms with Gasteiger partial charge in [0.1, 0.15) is 6.04 Å². The summed E-state index contributed by atoms with van der Waals surface area (Å²) in [4.78, 5) is 63.7. The van der Waals surface area contributed by atoms with Gasteiger partial charge in [-0.1, -0.05) is 0 Å². The Bertz CT molecular complexity index is 757. The molecule has 1 saturated heterocycles. The normalized spacial score (nSPS) is 29.6. The zero-order valence-electron chi connectivity index (χ0n) is 16.8. The molecule has 0 unspecified atom stereocenters. The van der Waals surface area contributed by atoms with Gasteiger partial charge in [0.2, 0.25) is 23.6 Å². The molecule has 14 heteroatoms. The number of fused-ring (bicyclic) bond motifs is 2. The van der Waals surface area contributed by atoms with Crippen molar-refractivity contribution in [1.29, 1.82) is 0 Å². The predicted molar refractivity (Wildman–Crippen MR) is 107 cm³/mol. The first-order valence-electron chi connectivity index (χ1n) is 9.84. The number of hydrogen-bond donors (Lipinski definition) is 8. The van der Waals surface area contributed by atoms with Gasteiger partial charge < -0.3 is 37.8 Å². The molecule has 0 radical (unpaired) electrons. The maximum absolute atomic E-state index is 12.3. The van der Waals surface area contributed by atoms with E-state index in [9.17, 15) is 29.1 Å². The van der Waals surface area contributed by atoms with E-state index in [-0.39, 0.29) is 37.8 Å². The van der Waals surface area contributed by atoms with E-state index in [2.05, 4.69) is 31.6 Å². The minimum Gasteiger partial charge on any atom is -0.480 e. The molecule has 0 aliphatic carbocycles. The number of hydrogen-bond acceptors (Lipinski definition) is 9. The van der Waals surface area contributed by atoms with Crippen molar-refractivity contribution < 1.29 is 29.1 Å². The first-order valence-corrected chi connectivity index (χ1v) is 9.84. The fourth-order valence-corrected chi connectivity index (χ4v) is 3.17. The number of rotatable bonds is 1. The highest BCUT2D eigenvalue weighted by atomic mass is 16.4. The third kappa shape index (κ3) is 7.82. The molecule has 2 aliphatic heterocycles. The van der Waals surface area contributed by atoms with E-state index >= 15 is 0 Å². The summed E-state index contributed by atoms with van der Waals surface area (Å²) < 4.78 is 0. The van der Waals surface area contributed by atoms with Gasteiger partial charge in [0.15, 0.2) is 5.96 Å². The summed E-state index contributed by atoms with van der Waals surface area (Å²) in [6.45, 7) is -0.00349. The van der Waals surface area contributed by atoms with Gasteiger partial charge in [-0.2, -0.15) is 0 Å². The second-order valence-corrected chi connectivity index (χ2v) is 7.35. The molecule has 14 nitrogen and oxygen atoms in total. The van der Waals surface area contributed by atoms with Crippen LogP contribution in [0.5, 0.6) is 0 Å². The van der Waals surface area contributed by atoms with Gasteiger partial charge in [0.05, 0.1) is 25.0 Å². The molecule has 0 aromatic rings. The van der Waals surface area contributed by atoms with Gasteiger partial charge >= 0.3 is 5.97 Å². The zero-order valence-corrected chi connectivity index (χ0v) is 16.8. The van der Waals surface area contributed by atoms with Crippen molar-refractivity contribution in [3.8, 4) is 0 Å². The molecule has 0 saturated carbocycles. The molecule has 0 spiro atoms. The van der Waals surface area contributed by atoms with Gasteiger partial charge in [0, 0.05) is 19.1 Å². The van der Waals surface area contributed by atoms with Crippen LogP contribution in [0.4, 0.5) is 0 Å². The first kappa shape index (κ1) is 24.0. The highest BCUT2D eigenvalue weighted by molar-refractivity contribution is 5.98. The summed E-state index contributed by atoms with van der Waals surface area (Å²) in [5, 5.41) is 21.9. The number of amides is 4. The predicted octanol–water partition coefficient (Wildman–Crippen LogP) is -4.54. The molecule has 1 fully saturated rings. The second-order valence-electron chi connectivity index (χ2n) is 7.35. The summed E-state index contributed by atoms with van der Waals surface area (Å²) >= 11 is 0. The maximum Gasteiger partial charge on any atom is 0.326 e. The molecule has 10 N–H and O–H groups in total. The van der Waals surface area contributed by atoms with Crippen LogP contribution in [0.1, 0.15) is 25.7 Å². The van der Waals surface area contributed by atoms with Crippen LogP contribution in [-0.2, 0) is 24.0 Å². The Balaban J connectivity index is 2.07. The van der Waals surface area contributed by atoms with E-state index in [0.29, 0.717) is 13.0 Å². The molecule has 2 bridgehead atoms. The highest BCUT2D eigenvalue weighted by Gasteiger charge is 2.31. The topological polar surface area (TPSA) is 230 Å². The van der Waals surface area contributed by atoms with E-state index in [1.54, 1.807) is 0 Å². The van der Waals surface area contributed by atoms with Crippen LogP contribution >= 0.6 is 0 Å². The molecule has 31 heavy (non-hydrogen) atoms. The number of carboxylic acid groups (broad SMARTS) is 1. The number of nitrogens with two attached hydrogens (primary N) is 2. The van der Waals surface area contributed by atoms with Crippen LogP contribution in [0.15, 0.2) is 4.99 Å². The molecule has 2 rings (SSSR count). The standard InChI is InChI=1S/C17H28N8O6/c18-9-5-12(26)23-8-4-11(21-6-8)15(29)25-17(19)20-3-1-2-10(16(30)31)24-13(27)7-22-14(9)28/h8-11,21H,1-7,18H2,(H,22,28)(H,23,26)(H,24,27)(H,30,31)(H3,19,20,25,29)/t8-,9-,10-,11+/m0/s1. The molecular formula is C17H28N8O6. The Morgan fingerprint density at radius 2 is 1.84 bits per heavy atom. The lowest BCUT2D eigenvalue weighted by Gasteiger charge is -2.17. The molecule has 2 heterocycles. The summed E-state index contributed by atoms with van der Waals surface area (Å²) in [7, 11) is 0. The second kappa shape index (κ2) is 11.2. The first-order chi connectivity index (χ1) is 14.7. The average molecular weight is 440 g/mol. The number of guanidine groups is 1. The Kier molecular flexibility index (Phi) is 8.69. The Hall–Kier alpha value is -3.26. The largest absolute Gasteiger partial charge is 0.480 e. The molecule has 0 aromatic heterocycles. The highest BCUT2D eigenvalue weighted by Crippen LogP contribution is 2.07. The van der Waals surface area contributed by atoms with E-state index < -0.39 is 54.3 Å². The van der Waals surface area contributed by atoms with Gasteiger partial charge in [-0.25, -0.2) is 4.79 Å². The lowest BCUT2D eigenvalue weighted by Crippen LogP contribution is -2.50. The van der Waals surface area contributed by atoms with Crippen LogP contribution in [0.2, 0.25) is 0 Å². The quantitative estimate of drug-likeness (QED) is 0.196. The maximum atomic E-state index is 12.3. The third-order valence-corrected chi connectivity index (χ3v) is 4.80. The SMILES string of the molecule is NC1=NCCC[C@@H](C(=O)O)NC(=O)CNC(=O)[C@@H](N)CC(=O)N[C@@H]2CN[C@H](C2)C(=O)N1. The van der Waals surface area contributed by atoms with Crippen molar-refractivity contribution in [1.82, 2.24) is 26.6 Å². The van der Waals surface area contributed by atoms with Crippen molar-refractivity contribution in [2.24, 2.45) is 16.5 Å². The van der Waals surface area contributed by atoms with Crippen LogP contribution in [0.25, 0.3) is 0 Å². The average Bonchev–Trinajstić information content (AvgIpc) is 3.15. The van der Waals surface area contributed by atoms with Crippen molar-refractivity contribution in [2.75, 3.05) is 19.6 Å². The zero-order chi connectivity index (χ0) is 23.0. The van der Waals surface area contributed by atoms with Crippen LogP contribution < -0.4 is 38.1 Å². The van der Waals surface area contributed by atoms with Crippen molar-refractivity contribution in [3.05, 3.63) is 0 Å². The van der Waals surface area contributed by atoms with E-state index in [1.807, 2.05) is 0 Å². The number of nitrogens with zero attached hydrogens (tertiary/aromatic N) is 1. The molecule has 172 valence electrons. The number of aliphatic imine (C=N–C) groups is 1. The Morgan fingerprint density at radius 1 is 1.10 bits per heavy atom. The Morgan fingerprint density at radius 3 is 2.55 bits per heavy atom. The van der Waals surface area contributed by atoms with E-state index in [1.165, 1.54) is 0 Å². The third-order valence-electron chi connectivity index (χ3n) is 4.80. The van der Waals surface area contributed by atoms with Gasteiger partial charge in [-0.3, -0.25) is 29.5 Å². The number of nitrogens with one attached hydrogen (secondary N) is 5. The lowest BCUT2D eigenvalue weighted by molar-refractivity contribution is -0.142. The van der Waals surface area contributed by atoms with E-state index in [4.69, 9.17) is 11.5 Å². The van der Waals surface area contributed by atoms with E-state index in [0.717, 1.165) is 0 Å². The molecule has 2 aliphatic rings. The van der Waals surface area contributed by atoms with Crippen molar-refractivity contribution in [3.63, 3.8) is 0 Å². The monoisotopic (exact) mass is 440 g/mol. The minimum absolute atomic E-state index is 0.0608. The lowest BCUT2D eigenvalue weighted by atomic mass is 10.1.